The lowest BCUT2D eigenvalue weighted by molar-refractivity contribution is -0.384. The zero-order chi connectivity index (χ0) is 19.4. The maximum atomic E-state index is 12.0. The normalized spacial score (nSPS) is 10.7. The van der Waals surface area contributed by atoms with Crippen molar-refractivity contribution in [1.29, 1.82) is 0 Å². The van der Waals surface area contributed by atoms with Crippen LogP contribution < -0.4 is 5.32 Å². The van der Waals surface area contributed by atoms with Gasteiger partial charge in [-0.05, 0) is 13.0 Å². The second kappa shape index (κ2) is 8.14. The highest BCUT2D eigenvalue weighted by atomic mass is 32.2. The van der Waals surface area contributed by atoms with Crippen LogP contribution in [0.4, 0.5) is 10.8 Å². The predicted molar refractivity (Wildman–Crippen MR) is 98.1 cm³/mol. The number of hydrogen-bond donors (Lipinski definition) is 1. The molecule has 1 N–H and O–H groups in total. The molecule has 12 heteroatoms. The first kappa shape index (κ1) is 18.8. The number of rotatable bonds is 7. The number of carbonyl (C=O) groups excluding carboxylic acids is 2. The van der Waals surface area contributed by atoms with E-state index in [0.717, 1.165) is 23.1 Å². The van der Waals surface area contributed by atoms with Gasteiger partial charge in [-0.25, -0.2) is 14.8 Å². The van der Waals surface area contributed by atoms with Crippen LogP contribution in [0.2, 0.25) is 0 Å². The van der Waals surface area contributed by atoms with Gasteiger partial charge in [0.05, 0.1) is 17.3 Å². The Morgan fingerprint density at radius 3 is 2.96 bits per heavy atom. The molecule has 0 spiro atoms. The lowest BCUT2D eigenvalue weighted by atomic mass is 10.3. The van der Waals surface area contributed by atoms with Crippen molar-refractivity contribution in [3.63, 3.8) is 0 Å². The fourth-order valence-electron chi connectivity index (χ4n) is 1.98. The molecule has 0 fully saturated rings. The van der Waals surface area contributed by atoms with Crippen LogP contribution in [-0.4, -0.2) is 39.1 Å². The molecule has 0 aliphatic heterocycles. The van der Waals surface area contributed by atoms with Crippen molar-refractivity contribution in [2.24, 2.45) is 0 Å². The van der Waals surface area contributed by atoms with E-state index >= 15 is 0 Å². The van der Waals surface area contributed by atoms with Crippen LogP contribution in [0.1, 0.15) is 17.4 Å². The molecule has 0 saturated heterocycles. The summed E-state index contributed by atoms with van der Waals surface area (Å²) in [5.41, 5.74) is 0.769. The van der Waals surface area contributed by atoms with Crippen molar-refractivity contribution in [3.8, 4) is 0 Å². The van der Waals surface area contributed by atoms with Gasteiger partial charge in [-0.2, -0.15) is 0 Å². The van der Waals surface area contributed by atoms with E-state index in [1.165, 1.54) is 23.6 Å². The number of benzene rings is 1. The average Bonchev–Trinajstić information content (AvgIpc) is 3.25. The van der Waals surface area contributed by atoms with Crippen LogP contribution in [0.25, 0.3) is 11.1 Å². The van der Waals surface area contributed by atoms with Crippen LogP contribution >= 0.6 is 23.1 Å². The molecule has 3 rings (SSSR count). The van der Waals surface area contributed by atoms with Crippen molar-refractivity contribution in [2.75, 3.05) is 17.7 Å². The van der Waals surface area contributed by atoms with Crippen molar-refractivity contribution in [3.05, 3.63) is 39.4 Å². The molecule has 0 bridgehead atoms. The first-order valence-corrected chi connectivity index (χ1v) is 9.43. The van der Waals surface area contributed by atoms with Crippen LogP contribution in [-0.2, 0) is 9.53 Å². The Labute approximate surface area is 160 Å². The highest BCUT2D eigenvalue weighted by molar-refractivity contribution is 7.99. The highest BCUT2D eigenvalue weighted by Gasteiger charge is 2.15. The van der Waals surface area contributed by atoms with Crippen molar-refractivity contribution in [2.45, 2.75) is 12.1 Å². The molecule has 1 aromatic carbocycles. The Hall–Kier alpha value is -2.99. The maximum Gasteiger partial charge on any atom is 0.357 e. The number of amides is 1. The number of esters is 1. The summed E-state index contributed by atoms with van der Waals surface area (Å²) in [5.74, 6) is -0.925. The summed E-state index contributed by atoms with van der Waals surface area (Å²) in [6.07, 6.45) is 0. The van der Waals surface area contributed by atoms with Gasteiger partial charge < -0.3 is 14.5 Å². The van der Waals surface area contributed by atoms with Gasteiger partial charge in [0.2, 0.25) is 5.91 Å². The number of nitrogens with one attached hydrogen (secondary N) is 1. The Bertz CT molecular complexity index is 1010. The molecule has 0 radical (unpaired) electrons. The molecule has 27 heavy (non-hydrogen) atoms. The van der Waals surface area contributed by atoms with Crippen LogP contribution in [0.3, 0.4) is 0 Å². The third kappa shape index (κ3) is 4.60. The third-order valence-electron chi connectivity index (χ3n) is 3.12. The van der Waals surface area contributed by atoms with Gasteiger partial charge in [0, 0.05) is 17.5 Å². The van der Waals surface area contributed by atoms with Crippen molar-refractivity contribution < 1.29 is 23.7 Å². The van der Waals surface area contributed by atoms with Crippen molar-refractivity contribution in [1.82, 2.24) is 9.97 Å². The lowest BCUT2D eigenvalue weighted by Crippen LogP contribution is -2.14. The molecule has 2 heterocycles. The molecule has 140 valence electrons. The minimum Gasteiger partial charge on any atom is -0.461 e. The molecular weight excluding hydrogens is 396 g/mol. The molecule has 2 aromatic heterocycles. The number of carbonyl (C=O) groups is 2. The third-order valence-corrected chi connectivity index (χ3v) is 4.71. The van der Waals surface area contributed by atoms with Gasteiger partial charge in [0.25, 0.3) is 10.9 Å². The predicted octanol–water partition coefficient (Wildman–Crippen LogP) is 3.10. The first-order chi connectivity index (χ1) is 13.0. The number of fused-ring (bicyclic) bond motifs is 1. The van der Waals surface area contributed by atoms with E-state index in [1.807, 2.05) is 0 Å². The molecule has 0 atom stereocenters. The molecule has 0 aliphatic rings. The fourth-order valence-corrected chi connectivity index (χ4v) is 3.32. The van der Waals surface area contributed by atoms with E-state index in [9.17, 15) is 19.7 Å². The Morgan fingerprint density at radius 1 is 1.41 bits per heavy atom. The van der Waals surface area contributed by atoms with Gasteiger partial charge in [-0.15, -0.1) is 11.3 Å². The molecule has 10 nitrogen and oxygen atoms in total. The first-order valence-electron chi connectivity index (χ1n) is 7.56. The Kier molecular flexibility index (Phi) is 5.66. The number of nitrogens with zero attached hydrogens (tertiary/aromatic N) is 3. The summed E-state index contributed by atoms with van der Waals surface area (Å²) >= 11 is 2.14. The number of non-ortho nitro benzene ring substituents is 1. The molecule has 0 saturated carbocycles. The number of nitro groups is 1. The summed E-state index contributed by atoms with van der Waals surface area (Å²) in [5, 5.41) is 15.3. The van der Waals surface area contributed by atoms with E-state index in [1.54, 1.807) is 6.92 Å². The summed E-state index contributed by atoms with van der Waals surface area (Å²) in [6, 6.07) is 4.07. The fraction of sp³-hybridized carbons (Fsp3) is 0.200. The Balaban J connectivity index is 1.58. The maximum absolute atomic E-state index is 12.0. The summed E-state index contributed by atoms with van der Waals surface area (Å²) in [6.45, 7) is 1.93. The van der Waals surface area contributed by atoms with Gasteiger partial charge in [0.1, 0.15) is 5.52 Å². The summed E-state index contributed by atoms with van der Waals surface area (Å²) < 4.78 is 10.3. The second-order valence-electron chi connectivity index (χ2n) is 4.98. The quantitative estimate of drug-likeness (QED) is 0.270. The molecule has 1 amide bonds. The number of ether oxygens (including phenoxy) is 1. The van der Waals surface area contributed by atoms with Crippen LogP contribution in [0.15, 0.2) is 33.2 Å². The lowest BCUT2D eigenvalue weighted by Gasteiger charge is -1.99. The minimum atomic E-state index is -0.552. The van der Waals surface area contributed by atoms with E-state index < -0.39 is 10.9 Å². The Morgan fingerprint density at radius 2 is 2.22 bits per heavy atom. The number of thioether (sulfide) groups is 1. The standard InChI is InChI=1S/C15H12N4O6S2/c1-2-24-13(21)10-6-26-14(16-10)18-12(20)7-27-15-17-9-5-8(19(22)23)3-4-11(9)25-15/h3-6H,2,7H2,1H3,(H,16,18,20). The average molecular weight is 408 g/mol. The second-order valence-corrected chi connectivity index (χ2v) is 6.77. The number of hydrogen-bond acceptors (Lipinski definition) is 10. The summed E-state index contributed by atoms with van der Waals surface area (Å²) in [4.78, 5) is 41.9. The number of oxazole rings is 1. The van der Waals surface area contributed by atoms with Gasteiger partial charge >= 0.3 is 5.97 Å². The largest absolute Gasteiger partial charge is 0.461 e. The molecule has 0 unspecified atom stereocenters. The van der Waals surface area contributed by atoms with Crippen LogP contribution in [0, 0.1) is 10.1 Å². The number of aromatic nitrogens is 2. The van der Waals surface area contributed by atoms with Gasteiger partial charge in [-0.3, -0.25) is 14.9 Å². The van der Waals surface area contributed by atoms with E-state index in [4.69, 9.17) is 9.15 Å². The zero-order valence-corrected chi connectivity index (χ0v) is 15.5. The molecular formula is C15H12N4O6S2. The minimum absolute atomic E-state index is 0.0107. The highest BCUT2D eigenvalue weighted by Crippen LogP contribution is 2.26. The SMILES string of the molecule is CCOC(=O)c1csc(NC(=O)CSc2nc3cc([N+](=O)[O-])ccc3o2)n1. The van der Waals surface area contributed by atoms with E-state index in [-0.39, 0.29) is 40.0 Å². The van der Waals surface area contributed by atoms with Gasteiger partial charge in [-0.1, -0.05) is 11.8 Å². The monoisotopic (exact) mass is 408 g/mol. The van der Waals surface area contributed by atoms with Crippen LogP contribution in [0.5, 0.6) is 0 Å². The summed E-state index contributed by atoms with van der Waals surface area (Å²) in [7, 11) is 0. The van der Waals surface area contributed by atoms with E-state index in [0.29, 0.717) is 11.1 Å². The van der Waals surface area contributed by atoms with Crippen molar-refractivity contribution >= 4 is 56.9 Å². The molecule has 3 aromatic rings. The number of anilines is 1. The smallest absolute Gasteiger partial charge is 0.357 e. The number of thiazole rings is 1. The van der Waals surface area contributed by atoms with Gasteiger partial charge in [0.15, 0.2) is 16.4 Å². The van der Waals surface area contributed by atoms with E-state index in [2.05, 4.69) is 15.3 Å². The molecule has 0 aliphatic carbocycles. The topological polar surface area (TPSA) is 137 Å². The number of nitro benzene ring substituents is 1. The zero-order valence-electron chi connectivity index (χ0n) is 13.8.